The highest BCUT2D eigenvalue weighted by Crippen LogP contribution is 1.93. The number of hydrogen-bond acceptors (Lipinski definition) is 5. The largest absolute Gasteiger partial charge is 0.378 e. The Labute approximate surface area is 127 Å². The Morgan fingerprint density at radius 2 is 1.90 bits per heavy atom. The van der Waals surface area contributed by atoms with Gasteiger partial charge in [0.15, 0.2) is 0 Å². The predicted octanol–water partition coefficient (Wildman–Crippen LogP) is -0.394. The smallest absolute Gasteiger partial charge is 0.235 e. The van der Waals surface area contributed by atoms with E-state index in [4.69, 9.17) is 10.5 Å². The summed E-state index contributed by atoms with van der Waals surface area (Å²) in [7, 11) is -3.49. The third-order valence-corrected chi connectivity index (χ3v) is 3.29. The van der Waals surface area contributed by atoms with E-state index in [2.05, 4.69) is 10.0 Å². The average molecular weight is 332 g/mol. The van der Waals surface area contributed by atoms with Gasteiger partial charge in [-0.15, -0.1) is 12.4 Å². The van der Waals surface area contributed by atoms with Crippen molar-refractivity contribution in [2.45, 2.75) is 39.3 Å². The van der Waals surface area contributed by atoms with Gasteiger partial charge < -0.3 is 15.8 Å². The van der Waals surface area contributed by atoms with Crippen LogP contribution in [0.25, 0.3) is 0 Å². The van der Waals surface area contributed by atoms with Gasteiger partial charge in [-0.25, -0.2) is 13.1 Å². The molecule has 0 fully saturated rings. The lowest BCUT2D eigenvalue weighted by atomic mass is 10.1. The third-order valence-electron chi connectivity index (χ3n) is 2.00. The Balaban J connectivity index is 0. The topological polar surface area (TPSA) is 111 Å². The van der Waals surface area contributed by atoms with Crippen molar-refractivity contribution in [2.24, 2.45) is 5.73 Å². The Morgan fingerprint density at radius 1 is 1.35 bits per heavy atom. The molecule has 7 nitrogen and oxygen atoms in total. The van der Waals surface area contributed by atoms with Crippen molar-refractivity contribution in [2.75, 3.05) is 25.4 Å². The van der Waals surface area contributed by atoms with Crippen molar-refractivity contribution >= 4 is 28.3 Å². The second-order valence-electron chi connectivity index (χ2n) is 5.32. The van der Waals surface area contributed by atoms with Crippen molar-refractivity contribution in [1.82, 2.24) is 10.0 Å². The molecule has 1 amide bonds. The molecule has 0 spiro atoms. The highest BCUT2D eigenvalue weighted by atomic mass is 35.5. The van der Waals surface area contributed by atoms with E-state index >= 15 is 0 Å². The summed E-state index contributed by atoms with van der Waals surface area (Å²) in [5, 5.41) is 2.55. The summed E-state index contributed by atoms with van der Waals surface area (Å²) < 4.78 is 30.4. The highest BCUT2D eigenvalue weighted by molar-refractivity contribution is 7.89. The molecule has 122 valence electrons. The minimum Gasteiger partial charge on any atom is -0.378 e. The number of nitrogens with one attached hydrogen (secondary N) is 2. The summed E-state index contributed by atoms with van der Waals surface area (Å²) in [6.45, 7) is 7.26. The number of sulfonamides is 1. The quantitative estimate of drug-likeness (QED) is 0.532. The number of ether oxygens (including phenoxy) is 1. The zero-order valence-corrected chi connectivity index (χ0v) is 14.1. The van der Waals surface area contributed by atoms with Gasteiger partial charge in [0.2, 0.25) is 15.9 Å². The second-order valence-corrected chi connectivity index (χ2v) is 7.25. The summed E-state index contributed by atoms with van der Waals surface area (Å²) in [5.74, 6) is -0.576. The zero-order chi connectivity index (χ0) is 15.1. The Kier molecular flexibility index (Phi) is 10.4. The molecule has 0 aliphatic carbocycles. The molecule has 0 rings (SSSR count). The molecule has 0 saturated carbocycles. The molecule has 0 radical (unpaired) electrons. The van der Waals surface area contributed by atoms with E-state index in [-0.39, 0.29) is 44.0 Å². The van der Waals surface area contributed by atoms with Crippen molar-refractivity contribution in [3.8, 4) is 0 Å². The van der Waals surface area contributed by atoms with E-state index in [0.29, 0.717) is 0 Å². The van der Waals surface area contributed by atoms with Crippen molar-refractivity contribution in [3.05, 3.63) is 0 Å². The maximum atomic E-state index is 11.5. The van der Waals surface area contributed by atoms with Gasteiger partial charge in [0.25, 0.3) is 0 Å². The van der Waals surface area contributed by atoms with Gasteiger partial charge in [0.05, 0.1) is 25.0 Å². The van der Waals surface area contributed by atoms with E-state index in [1.165, 1.54) is 0 Å². The molecule has 0 atom stereocenters. The first-order valence-corrected chi connectivity index (χ1v) is 7.81. The number of hydrogen-bond donors (Lipinski definition) is 3. The Bertz CT molecular complexity index is 380. The number of halogens is 1. The van der Waals surface area contributed by atoms with E-state index in [9.17, 15) is 13.2 Å². The van der Waals surface area contributed by atoms with Crippen LogP contribution in [0.1, 0.15) is 27.7 Å². The molecule has 0 aliphatic heterocycles. The SMILES string of the molecule is CC(C)OCCS(=O)(=O)NCC(=O)NCC(C)(C)N.Cl. The molecule has 0 saturated heterocycles. The summed E-state index contributed by atoms with van der Waals surface area (Å²) in [4.78, 5) is 11.4. The number of rotatable bonds is 9. The fourth-order valence-corrected chi connectivity index (χ4v) is 1.84. The van der Waals surface area contributed by atoms with Crippen molar-refractivity contribution in [3.63, 3.8) is 0 Å². The Hall–Kier alpha value is -0.410. The van der Waals surface area contributed by atoms with Gasteiger partial charge in [0.1, 0.15) is 0 Å². The Morgan fingerprint density at radius 3 is 2.35 bits per heavy atom. The minimum absolute atomic E-state index is 0. The number of amides is 1. The molecule has 0 aromatic heterocycles. The lowest BCUT2D eigenvalue weighted by Crippen LogP contribution is -2.47. The first-order valence-electron chi connectivity index (χ1n) is 6.16. The molecule has 0 heterocycles. The van der Waals surface area contributed by atoms with E-state index < -0.39 is 21.5 Å². The molecule has 0 unspecified atom stereocenters. The van der Waals surface area contributed by atoms with E-state index in [1.807, 2.05) is 13.8 Å². The van der Waals surface area contributed by atoms with Gasteiger partial charge in [0, 0.05) is 12.1 Å². The van der Waals surface area contributed by atoms with Crippen LogP contribution in [-0.4, -0.2) is 51.4 Å². The third kappa shape index (κ3) is 14.0. The summed E-state index contributed by atoms with van der Waals surface area (Å²) in [6, 6.07) is 0. The molecular formula is C11H26ClN3O4S. The number of nitrogens with two attached hydrogens (primary N) is 1. The lowest BCUT2D eigenvalue weighted by molar-refractivity contribution is -0.120. The fraction of sp³-hybridized carbons (Fsp3) is 0.909. The molecule has 0 bridgehead atoms. The maximum absolute atomic E-state index is 11.5. The minimum atomic E-state index is -3.49. The molecular weight excluding hydrogens is 306 g/mol. The van der Waals surface area contributed by atoms with Crippen LogP contribution in [0, 0.1) is 0 Å². The summed E-state index contributed by atoms with van der Waals surface area (Å²) in [6.07, 6.45) is -0.0229. The molecule has 0 aliphatic rings. The summed E-state index contributed by atoms with van der Waals surface area (Å²) in [5.41, 5.74) is 5.16. The van der Waals surface area contributed by atoms with Crippen LogP contribution in [0.15, 0.2) is 0 Å². The molecule has 9 heteroatoms. The van der Waals surface area contributed by atoms with Crippen molar-refractivity contribution in [1.29, 1.82) is 0 Å². The zero-order valence-electron chi connectivity index (χ0n) is 12.4. The average Bonchev–Trinajstić information content (AvgIpc) is 2.22. The van der Waals surface area contributed by atoms with Gasteiger partial charge >= 0.3 is 0 Å². The van der Waals surface area contributed by atoms with Crippen LogP contribution in [-0.2, 0) is 19.6 Å². The number of carbonyl (C=O) groups is 1. The van der Waals surface area contributed by atoms with Crippen LogP contribution in [0.3, 0.4) is 0 Å². The standard InChI is InChI=1S/C11H25N3O4S.ClH/c1-9(2)18-5-6-19(16,17)14-7-10(15)13-8-11(3,4)12;/h9,14H,5-8,12H2,1-4H3,(H,13,15);1H. The summed E-state index contributed by atoms with van der Waals surface area (Å²) >= 11 is 0. The predicted molar refractivity (Wildman–Crippen MR) is 81.4 cm³/mol. The van der Waals surface area contributed by atoms with Gasteiger partial charge in [-0.2, -0.15) is 0 Å². The van der Waals surface area contributed by atoms with Gasteiger partial charge in [-0.05, 0) is 27.7 Å². The van der Waals surface area contributed by atoms with Crippen molar-refractivity contribution < 1.29 is 17.9 Å². The van der Waals surface area contributed by atoms with Crippen LogP contribution >= 0.6 is 12.4 Å². The monoisotopic (exact) mass is 331 g/mol. The van der Waals surface area contributed by atoms with Crippen LogP contribution in [0.4, 0.5) is 0 Å². The van der Waals surface area contributed by atoms with Crippen LogP contribution < -0.4 is 15.8 Å². The van der Waals surface area contributed by atoms with E-state index in [1.54, 1.807) is 13.8 Å². The molecule has 0 aromatic carbocycles. The first kappa shape index (κ1) is 21.9. The highest BCUT2D eigenvalue weighted by Gasteiger charge is 2.15. The normalized spacial score (nSPS) is 12.1. The molecule has 0 aromatic rings. The maximum Gasteiger partial charge on any atom is 0.235 e. The molecule has 20 heavy (non-hydrogen) atoms. The fourth-order valence-electron chi connectivity index (χ4n) is 1.03. The molecule has 4 N–H and O–H groups in total. The number of carbonyl (C=O) groups excluding carboxylic acids is 1. The van der Waals surface area contributed by atoms with E-state index in [0.717, 1.165) is 0 Å². The lowest BCUT2D eigenvalue weighted by Gasteiger charge is -2.18. The second kappa shape index (κ2) is 9.51. The van der Waals surface area contributed by atoms with Crippen LogP contribution in [0.5, 0.6) is 0 Å². The van der Waals surface area contributed by atoms with Gasteiger partial charge in [-0.1, -0.05) is 0 Å². The van der Waals surface area contributed by atoms with Gasteiger partial charge in [-0.3, -0.25) is 4.79 Å². The van der Waals surface area contributed by atoms with Crippen LogP contribution in [0.2, 0.25) is 0 Å². The first-order chi connectivity index (χ1) is 8.52.